The lowest BCUT2D eigenvalue weighted by molar-refractivity contribution is -0.323. The third-order valence-electron chi connectivity index (χ3n) is 2.74. The number of hydrogen-bond donors (Lipinski definition) is 1. The molecular formula is C9H16O3. The van der Waals surface area contributed by atoms with E-state index in [4.69, 9.17) is 9.47 Å². The Labute approximate surface area is 72.7 Å². The van der Waals surface area contributed by atoms with E-state index in [9.17, 15) is 5.11 Å². The summed E-state index contributed by atoms with van der Waals surface area (Å²) in [5.74, 6) is -0.976. The van der Waals surface area contributed by atoms with Crippen LogP contribution in [0.5, 0.6) is 0 Å². The van der Waals surface area contributed by atoms with Gasteiger partial charge in [-0.05, 0) is 26.2 Å². The molecule has 1 N–H and O–H groups in total. The molecule has 0 aromatic carbocycles. The highest BCUT2D eigenvalue weighted by Gasteiger charge is 2.45. The highest BCUT2D eigenvalue weighted by atomic mass is 16.7. The molecule has 0 saturated carbocycles. The third kappa shape index (κ3) is 1.37. The maximum Gasteiger partial charge on any atom is 0.192 e. The second kappa shape index (κ2) is 2.98. The van der Waals surface area contributed by atoms with Gasteiger partial charge in [-0.25, -0.2) is 0 Å². The van der Waals surface area contributed by atoms with Crippen LogP contribution in [0.2, 0.25) is 0 Å². The normalized spacial score (nSPS) is 48.5. The fraction of sp³-hybridized carbons (Fsp3) is 1.00. The zero-order valence-electron chi connectivity index (χ0n) is 7.45. The molecule has 12 heavy (non-hydrogen) atoms. The molecule has 70 valence electrons. The van der Waals surface area contributed by atoms with Crippen molar-refractivity contribution < 1.29 is 14.6 Å². The van der Waals surface area contributed by atoms with E-state index in [0.717, 1.165) is 32.3 Å². The maximum absolute atomic E-state index is 10.0. The van der Waals surface area contributed by atoms with Crippen LogP contribution >= 0.6 is 0 Å². The quantitative estimate of drug-likeness (QED) is 0.593. The molecule has 0 amide bonds. The van der Waals surface area contributed by atoms with Gasteiger partial charge in [0.1, 0.15) is 6.10 Å². The van der Waals surface area contributed by atoms with E-state index < -0.39 is 5.79 Å². The first-order valence-electron chi connectivity index (χ1n) is 4.72. The van der Waals surface area contributed by atoms with E-state index in [1.165, 1.54) is 0 Å². The largest absolute Gasteiger partial charge is 0.373 e. The van der Waals surface area contributed by atoms with Crippen LogP contribution in [0.15, 0.2) is 0 Å². The SMILES string of the molecule is C[C@H]1CC[C@H]2OCCC[C@@]2(O)O1. The fourth-order valence-corrected chi connectivity index (χ4v) is 2.08. The van der Waals surface area contributed by atoms with E-state index in [1.807, 2.05) is 6.92 Å². The summed E-state index contributed by atoms with van der Waals surface area (Å²) in [5.41, 5.74) is 0. The van der Waals surface area contributed by atoms with Crippen molar-refractivity contribution in [1.82, 2.24) is 0 Å². The van der Waals surface area contributed by atoms with Gasteiger partial charge in [0, 0.05) is 13.0 Å². The van der Waals surface area contributed by atoms with Crippen LogP contribution < -0.4 is 0 Å². The third-order valence-corrected chi connectivity index (χ3v) is 2.74. The summed E-state index contributed by atoms with van der Waals surface area (Å²) in [4.78, 5) is 0. The van der Waals surface area contributed by atoms with Gasteiger partial charge >= 0.3 is 0 Å². The lowest BCUT2D eigenvalue weighted by atomic mass is 9.93. The van der Waals surface area contributed by atoms with E-state index in [1.54, 1.807) is 0 Å². The van der Waals surface area contributed by atoms with Gasteiger partial charge in [0.25, 0.3) is 0 Å². The van der Waals surface area contributed by atoms with Crippen molar-refractivity contribution in [2.24, 2.45) is 0 Å². The molecule has 2 saturated heterocycles. The zero-order valence-corrected chi connectivity index (χ0v) is 7.45. The predicted molar refractivity (Wildman–Crippen MR) is 43.7 cm³/mol. The van der Waals surface area contributed by atoms with Gasteiger partial charge in [0.2, 0.25) is 0 Å². The molecule has 0 spiro atoms. The topological polar surface area (TPSA) is 38.7 Å². The second-order valence-electron chi connectivity index (χ2n) is 3.81. The molecule has 0 unspecified atom stereocenters. The standard InChI is InChI=1S/C9H16O3/c1-7-3-4-8-9(10,12-7)5-2-6-11-8/h7-8,10H,2-6H2,1H3/t7-,8+,9+/m0/s1. The van der Waals surface area contributed by atoms with Crippen LogP contribution in [0.25, 0.3) is 0 Å². The summed E-state index contributed by atoms with van der Waals surface area (Å²) >= 11 is 0. The van der Waals surface area contributed by atoms with Crippen LogP contribution in [-0.2, 0) is 9.47 Å². The van der Waals surface area contributed by atoms with Crippen molar-refractivity contribution in [3.05, 3.63) is 0 Å². The van der Waals surface area contributed by atoms with Crippen molar-refractivity contribution in [2.45, 2.75) is 50.6 Å². The van der Waals surface area contributed by atoms with Crippen LogP contribution in [0.4, 0.5) is 0 Å². The van der Waals surface area contributed by atoms with Gasteiger partial charge < -0.3 is 14.6 Å². The lowest BCUT2D eigenvalue weighted by Gasteiger charge is -2.44. The van der Waals surface area contributed by atoms with Gasteiger partial charge in [-0.15, -0.1) is 0 Å². The first-order valence-corrected chi connectivity index (χ1v) is 4.72. The molecule has 0 aromatic heterocycles. The molecule has 2 rings (SSSR count). The summed E-state index contributed by atoms with van der Waals surface area (Å²) < 4.78 is 11.0. The minimum absolute atomic E-state index is 0.0811. The Morgan fingerprint density at radius 2 is 2.25 bits per heavy atom. The summed E-state index contributed by atoms with van der Waals surface area (Å²) in [6, 6.07) is 0. The minimum atomic E-state index is -0.976. The first-order chi connectivity index (χ1) is 5.71. The molecule has 3 nitrogen and oxygen atoms in total. The summed E-state index contributed by atoms with van der Waals surface area (Å²) in [5, 5.41) is 10.0. The molecule has 0 aliphatic carbocycles. The Hall–Kier alpha value is -0.120. The molecule has 0 bridgehead atoms. The fourth-order valence-electron chi connectivity index (χ4n) is 2.08. The van der Waals surface area contributed by atoms with Crippen LogP contribution in [0.1, 0.15) is 32.6 Å². The average molecular weight is 172 g/mol. The van der Waals surface area contributed by atoms with Gasteiger partial charge in [-0.2, -0.15) is 0 Å². The molecule has 0 aromatic rings. The predicted octanol–water partition coefficient (Wildman–Crippen LogP) is 1.05. The molecule has 2 fully saturated rings. The summed E-state index contributed by atoms with van der Waals surface area (Å²) in [6.45, 7) is 2.77. The number of aliphatic hydroxyl groups is 1. The lowest BCUT2D eigenvalue weighted by Crippen LogP contribution is -2.54. The van der Waals surface area contributed by atoms with Gasteiger partial charge in [-0.1, -0.05) is 0 Å². The molecule has 2 heterocycles. The highest BCUT2D eigenvalue weighted by molar-refractivity contribution is 4.87. The van der Waals surface area contributed by atoms with Crippen LogP contribution in [-0.4, -0.2) is 29.7 Å². The maximum atomic E-state index is 10.0. The monoisotopic (exact) mass is 172 g/mol. The summed E-state index contributed by atoms with van der Waals surface area (Å²) in [6.07, 6.45) is 3.64. The van der Waals surface area contributed by atoms with E-state index in [-0.39, 0.29) is 12.2 Å². The van der Waals surface area contributed by atoms with Crippen molar-refractivity contribution in [3.63, 3.8) is 0 Å². The molecule has 0 radical (unpaired) electrons. The Balaban J connectivity index is 2.07. The van der Waals surface area contributed by atoms with Crippen molar-refractivity contribution in [3.8, 4) is 0 Å². The van der Waals surface area contributed by atoms with E-state index >= 15 is 0 Å². The van der Waals surface area contributed by atoms with Gasteiger partial charge in [0.15, 0.2) is 5.79 Å². The van der Waals surface area contributed by atoms with E-state index in [0.29, 0.717) is 0 Å². The molecule has 2 aliphatic heterocycles. The number of rotatable bonds is 0. The Morgan fingerprint density at radius 3 is 3.08 bits per heavy atom. The Morgan fingerprint density at radius 1 is 1.42 bits per heavy atom. The Kier molecular flexibility index (Phi) is 2.10. The van der Waals surface area contributed by atoms with Crippen LogP contribution in [0, 0.1) is 0 Å². The number of ether oxygens (including phenoxy) is 2. The molecule has 2 aliphatic rings. The second-order valence-corrected chi connectivity index (χ2v) is 3.81. The minimum Gasteiger partial charge on any atom is -0.373 e. The van der Waals surface area contributed by atoms with Crippen molar-refractivity contribution >= 4 is 0 Å². The smallest absolute Gasteiger partial charge is 0.192 e. The Bertz CT molecular complexity index is 171. The number of fused-ring (bicyclic) bond motifs is 1. The zero-order chi connectivity index (χ0) is 8.60. The average Bonchev–Trinajstić information content (AvgIpc) is 2.02. The number of hydrogen-bond acceptors (Lipinski definition) is 3. The molecule has 3 atom stereocenters. The van der Waals surface area contributed by atoms with Gasteiger partial charge in [-0.3, -0.25) is 0 Å². The molecule has 3 heteroatoms. The highest BCUT2D eigenvalue weighted by Crippen LogP contribution is 2.35. The van der Waals surface area contributed by atoms with Gasteiger partial charge in [0.05, 0.1) is 6.10 Å². The van der Waals surface area contributed by atoms with Crippen molar-refractivity contribution in [1.29, 1.82) is 0 Å². The van der Waals surface area contributed by atoms with Crippen molar-refractivity contribution in [2.75, 3.05) is 6.61 Å². The molecular weight excluding hydrogens is 156 g/mol. The first kappa shape index (κ1) is 8.48. The van der Waals surface area contributed by atoms with E-state index in [2.05, 4.69) is 0 Å². The van der Waals surface area contributed by atoms with Crippen LogP contribution in [0.3, 0.4) is 0 Å². The summed E-state index contributed by atoms with van der Waals surface area (Å²) in [7, 11) is 0.